The maximum absolute atomic E-state index is 11.3. The molecule has 4 nitrogen and oxygen atoms in total. The van der Waals surface area contributed by atoms with Crippen molar-refractivity contribution in [2.24, 2.45) is 0 Å². The average Bonchev–Trinajstić information content (AvgIpc) is 2.15. The van der Waals surface area contributed by atoms with E-state index in [0.717, 1.165) is 0 Å². The van der Waals surface area contributed by atoms with Crippen LogP contribution in [0.5, 0.6) is 5.75 Å². The van der Waals surface area contributed by atoms with Crippen molar-refractivity contribution >= 4 is 11.8 Å². The molecule has 80 valence electrons. The lowest BCUT2D eigenvalue weighted by atomic mass is 10.0. The molecule has 1 aromatic rings. The molecule has 0 aliphatic carbocycles. The van der Waals surface area contributed by atoms with E-state index in [4.69, 9.17) is 4.74 Å². The second kappa shape index (κ2) is 4.13. The molecular formula is C11H11O4-. The molecule has 0 unspecified atom stereocenters. The Balaban J connectivity index is 3.43. The van der Waals surface area contributed by atoms with Crippen molar-refractivity contribution in [1.29, 1.82) is 0 Å². The molecule has 15 heavy (non-hydrogen) atoms. The second-order valence-corrected chi connectivity index (χ2v) is 3.21. The first-order valence-corrected chi connectivity index (χ1v) is 4.38. The number of carbonyl (C=O) groups excluding carboxylic acids is 2. The molecule has 0 heterocycles. The van der Waals surface area contributed by atoms with E-state index < -0.39 is 5.97 Å². The van der Waals surface area contributed by atoms with E-state index in [1.165, 1.54) is 26.2 Å². The van der Waals surface area contributed by atoms with Gasteiger partial charge in [-0.1, -0.05) is 0 Å². The molecule has 0 bridgehead atoms. The summed E-state index contributed by atoms with van der Waals surface area (Å²) in [5.74, 6) is -1.18. The van der Waals surface area contributed by atoms with Crippen molar-refractivity contribution in [2.45, 2.75) is 13.8 Å². The number of hydrogen-bond acceptors (Lipinski definition) is 4. The minimum atomic E-state index is -1.29. The zero-order valence-electron chi connectivity index (χ0n) is 8.79. The Morgan fingerprint density at radius 2 is 1.93 bits per heavy atom. The van der Waals surface area contributed by atoms with Crippen LogP contribution in [0.1, 0.15) is 33.2 Å². The highest BCUT2D eigenvalue weighted by Crippen LogP contribution is 2.24. The minimum Gasteiger partial charge on any atom is -0.545 e. The molecule has 4 heteroatoms. The maximum atomic E-state index is 11.3. The van der Waals surface area contributed by atoms with Crippen LogP contribution in [-0.2, 0) is 0 Å². The van der Waals surface area contributed by atoms with Crippen LogP contribution in [0.15, 0.2) is 12.1 Å². The number of carboxylic acids is 1. The Hall–Kier alpha value is -1.84. The number of ether oxygens (including phenoxy) is 1. The fourth-order valence-electron chi connectivity index (χ4n) is 1.48. The highest BCUT2D eigenvalue weighted by Gasteiger charge is 2.13. The van der Waals surface area contributed by atoms with Gasteiger partial charge in [-0.2, -0.15) is 0 Å². The normalized spacial score (nSPS) is 9.80. The summed E-state index contributed by atoms with van der Waals surface area (Å²) in [6.45, 7) is 3.06. The molecule has 0 N–H and O–H groups in total. The molecule has 1 rings (SSSR count). The molecule has 0 saturated heterocycles. The van der Waals surface area contributed by atoms with Crippen LogP contribution >= 0.6 is 0 Å². The zero-order valence-corrected chi connectivity index (χ0v) is 8.79. The maximum Gasteiger partial charge on any atom is 0.163 e. The summed E-state index contributed by atoms with van der Waals surface area (Å²) >= 11 is 0. The van der Waals surface area contributed by atoms with E-state index in [9.17, 15) is 14.7 Å². The smallest absolute Gasteiger partial charge is 0.163 e. The topological polar surface area (TPSA) is 66.4 Å². The third kappa shape index (κ3) is 2.15. The molecule has 0 aromatic heterocycles. The van der Waals surface area contributed by atoms with Gasteiger partial charge in [-0.05, 0) is 31.5 Å². The van der Waals surface area contributed by atoms with Gasteiger partial charge < -0.3 is 14.6 Å². The van der Waals surface area contributed by atoms with Gasteiger partial charge in [0.1, 0.15) is 5.75 Å². The van der Waals surface area contributed by atoms with Gasteiger partial charge in [0.05, 0.1) is 18.6 Å². The lowest BCUT2D eigenvalue weighted by molar-refractivity contribution is -0.255. The molecule has 0 aliphatic rings. The van der Waals surface area contributed by atoms with Gasteiger partial charge in [0, 0.05) is 5.56 Å². The number of benzene rings is 1. The third-order valence-electron chi connectivity index (χ3n) is 2.11. The van der Waals surface area contributed by atoms with E-state index >= 15 is 0 Å². The number of methoxy groups -OCH3 is 1. The fourth-order valence-corrected chi connectivity index (χ4v) is 1.48. The van der Waals surface area contributed by atoms with Crippen LogP contribution in [0.2, 0.25) is 0 Å². The highest BCUT2D eigenvalue weighted by molar-refractivity contribution is 6.00. The van der Waals surface area contributed by atoms with Crippen molar-refractivity contribution in [3.63, 3.8) is 0 Å². The molecule has 0 saturated carbocycles. The summed E-state index contributed by atoms with van der Waals surface area (Å²) in [6, 6.07) is 2.69. The van der Waals surface area contributed by atoms with Gasteiger partial charge in [-0.25, -0.2) is 0 Å². The number of aryl methyl sites for hydroxylation is 1. The average molecular weight is 207 g/mol. The van der Waals surface area contributed by atoms with Crippen molar-refractivity contribution in [1.82, 2.24) is 0 Å². The van der Waals surface area contributed by atoms with Crippen molar-refractivity contribution in [3.05, 3.63) is 28.8 Å². The van der Waals surface area contributed by atoms with E-state index in [1.54, 1.807) is 6.92 Å². The Bertz CT molecular complexity index is 421. The van der Waals surface area contributed by atoms with Gasteiger partial charge in [0.25, 0.3) is 0 Å². The summed E-state index contributed by atoms with van der Waals surface area (Å²) in [6.07, 6.45) is 0. The Labute approximate surface area is 87.5 Å². The van der Waals surface area contributed by atoms with Crippen LogP contribution in [0, 0.1) is 6.92 Å². The molecule has 0 radical (unpaired) electrons. The number of hydrogen-bond donors (Lipinski definition) is 0. The molecular weight excluding hydrogens is 196 g/mol. The van der Waals surface area contributed by atoms with Crippen molar-refractivity contribution < 1.29 is 19.4 Å². The van der Waals surface area contributed by atoms with Crippen molar-refractivity contribution in [3.8, 4) is 5.75 Å². The summed E-state index contributed by atoms with van der Waals surface area (Å²) < 4.78 is 4.97. The molecule has 1 aromatic carbocycles. The van der Waals surface area contributed by atoms with E-state index in [0.29, 0.717) is 11.1 Å². The van der Waals surface area contributed by atoms with Gasteiger partial charge in [-0.15, -0.1) is 0 Å². The first kappa shape index (κ1) is 11.2. The Morgan fingerprint density at radius 3 is 2.33 bits per heavy atom. The van der Waals surface area contributed by atoms with Crippen molar-refractivity contribution in [2.75, 3.05) is 7.11 Å². The number of aromatic carboxylic acids is 1. The lowest BCUT2D eigenvalue weighted by Gasteiger charge is -2.12. The van der Waals surface area contributed by atoms with Crippen LogP contribution in [-0.4, -0.2) is 18.9 Å². The lowest BCUT2D eigenvalue weighted by Crippen LogP contribution is -2.22. The van der Waals surface area contributed by atoms with E-state index in [2.05, 4.69) is 0 Å². The van der Waals surface area contributed by atoms with Crippen LogP contribution in [0.3, 0.4) is 0 Å². The second-order valence-electron chi connectivity index (χ2n) is 3.21. The Kier molecular flexibility index (Phi) is 3.09. The number of Topliss-reactive ketones (excluding diaryl/α,β-unsaturated/α-hetero) is 1. The highest BCUT2D eigenvalue weighted by atomic mass is 16.5. The number of carbonyl (C=O) groups is 2. The van der Waals surface area contributed by atoms with Crippen LogP contribution in [0.25, 0.3) is 0 Å². The molecule has 0 aliphatic heterocycles. The number of carboxylic acid groups (broad SMARTS) is 1. The molecule has 0 atom stereocenters. The zero-order chi connectivity index (χ0) is 11.6. The van der Waals surface area contributed by atoms with Crippen LogP contribution in [0.4, 0.5) is 0 Å². The Morgan fingerprint density at radius 1 is 1.33 bits per heavy atom. The summed E-state index contributed by atoms with van der Waals surface area (Å²) in [5, 5.41) is 10.7. The summed E-state index contributed by atoms with van der Waals surface area (Å²) in [4.78, 5) is 21.9. The monoisotopic (exact) mass is 207 g/mol. The quantitative estimate of drug-likeness (QED) is 0.679. The molecule has 0 spiro atoms. The number of rotatable bonds is 3. The minimum absolute atomic E-state index is 0.00866. The summed E-state index contributed by atoms with van der Waals surface area (Å²) in [5.41, 5.74) is 0.984. The van der Waals surface area contributed by atoms with Gasteiger partial charge >= 0.3 is 0 Å². The molecule has 0 fully saturated rings. The fraction of sp³-hybridized carbons (Fsp3) is 0.273. The predicted molar refractivity (Wildman–Crippen MR) is 52.1 cm³/mol. The first-order chi connectivity index (χ1) is 6.97. The predicted octanol–water partition coefficient (Wildman–Crippen LogP) is 0.570. The van der Waals surface area contributed by atoms with Gasteiger partial charge in [0.15, 0.2) is 5.78 Å². The van der Waals surface area contributed by atoms with E-state index in [-0.39, 0.29) is 17.1 Å². The standard InChI is InChI=1S/C11H12O4/c1-6-4-8(11(13)14)5-9(15-3)10(6)7(2)12/h4-5H,1-3H3,(H,13,14)/p-1. The van der Waals surface area contributed by atoms with Crippen LogP contribution < -0.4 is 9.84 Å². The van der Waals surface area contributed by atoms with Gasteiger partial charge in [0.2, 0.25) is 0 Å². The van der Waals surface area contributed by atoms with Gasteiger partial charge in [-0.3, -0.25) is 4.79 Å². The first-order valence-electron chi connectivity index (χ1n) is 4.38. The SMILES string of the molecule is COc1cc(C(=O)[O-])cc(C)c1C(C)=O. The number of ketones is 1. The molecule has 0 amide bonds. The van der Waals surface area contributed by atoms with E-state index in [1.807, 2.05) is 0 Å². The summed E-state index contributed by atoms with van der Waals surface area (Å²) in [7, 11) is 1.39. The third-order valence-corrected chi connectivity index (χ3v) is 2.11. The largest absolute Gasteiger partial charge is 0.545 e.